The second kappa shape index (κ2) is 10.2. The molecule has 0 radical (unpaired) electrons. The molecule has 6 nitrogen and oxygen atoms in total. The van der Waals surface area contributed by atoms with Crippen LogP contribution < -0.4 is 10.6 Å². The zero-order chi connectivity index (χ0) is 16.3. The van der Waals surface area contributed by atoms with Gasteiger partial charge in [-0.2, -0.15) is 0 Å². The topological polar surface area (TPSA) is 55.8 Å². The predicted molar refractivity (Wildman–Crippen MR) is 95.6 cm³/mol. The first-order valence-electron chi connectivity index (χ1n) is 8.61. The van der Waals surface area contributed by atoms with Crippen molar-refractivity contribution in [3.63, 3.8) is 0 Å². The monoisotopic (exact) mass is 318 g/mol. The van der Waals surface area contributed by atoms with Crippen molar-refractivity contribution in [2.75, 3.05) is 52.9 Å². The van der Waals surface area contributed by atoms with Crippen molar-refractivity contribution in [2.45, 2.75) is 19.9 Å². The molecule has 2 heterocycles. The third-order valence-corrected chi connectivity index (χ3v) is 4.00. The molecule has 0 saturated carbocycles. The highest BCUT2D eigenvalue weighted by atomic mass is 15.2. The van der Waals surface area contributed by atoms with E-state index in [2.05, 4.69) is 44.4 Å². The smallest absolute Gasteiger partial charge is 0.191 e. The van der Waals surface area contributed by atoms with Gasteiger partial charge in [0.05, 0.1) is 12.2 Å². The highest BCUT2D eigenvalue weighted by Crippen LogP contribution is 2.00. The summed E-state index contributed by atoms with van der Waals surface area (Å²) in [6.45, 7) is 10.2. The molecule has 1 aliphatic heterocycles. The van der Waals surface area contributed by atoms with Crippen LogP contribution in [0, 0.1) is 0 Å². The predicted octanol–water partition coefficient (Wildman–Crippen LogP) is 0.774. The normalized spacial score (nSPS) is 17.7. The second-order valence-electron chi connectivity index (χ2n) is 5.94. The summed E-state index contributed by atoms with van der Waals surface area (Å²) in [4.78, 5) is 13.8. The Bertz CT molecular complexity index is 461. The lowest BCUT2D eigenvalue weighted by Gasteiger charge is -2.21. The number of aliphatic imine (C=N–C) groups is 1. The van der Waals surface area contributed by atoms with Crippen LogP contribution in [0.3, 0.4) is 0 Å². The number of aromatic nitrogens is 1. The van der Waals surface area contributed by atoms with Crippen molar-refractivity contribution in [3.8, 4) is 0 Å². The zero-order valence-corrected chi connectivity index (χ0v) is 14.5. The lowest BCUT2D eigenvalue weighted by Crippen LogP contribution is -2.42. The first kappa shape index (κ1) is 17.7. The Morgan fingerprint density at radius 2 is 2.13 bits per heavy atom. The van der Waals surface area contributed by atoms with E-state index >= 15 is 0 Å². The fourth-order valence-electron chi connectivity index (χ4n) is 2.65. The summed E-state index contributed by atoms with van der Waals surface area (Å²) < 4.78 is 0. The van der Waals surface area contributed by atoms with E-state index in [1.807, 2.05) is 24.4 Å². The van der Waals surface area contributed by atoms with E-state index in [4.69, 9.17) is 0 Å². The van der Waals surface area contributed by atoms with Gasteiger partial charge in [-0.25, -0.2) is 4.99 Å². The maximum absolute atomic E-state index is 4.60. The summed E-state index contributed by atoms with van der Waals surface area (Å²) in [6, 6.07) is 5.92. The molecule has 6 heteroatoms. The third-order valence-electron chi connectivity index (χ3n) is 4.00. The Kier molecular flexibility index (Phi) is 7.83. The molecule has 2 rings (SSSR count). The molecule has 2 N–H and O–H groups in total. The summed E-state index contributed by atoms with van der Waals surface area (Å²) in [5.41, 5.74) is 0.986. The van der Waals surface area contributed by atoms with Crippen LogP contribution in [0.1, 0.15) is 19.0 Å². The maximum atomic E-state index is 4.60. The average Bonchev–Trinajstić information content (AvgIpc) is 2.78. The van der Waals surface area contributed by atoms with E-state index in [1.165, 1.54) is 19.5 Å². The van der Waals surface area contributed by atoms with Crippen LogP contribution in [0.2, 0.25) is 0 Å². The van der Waals surface area contributed by atoms with Crippen molar-refractivity contribution >= 4 is 5.96 Å². The highest BCUT2D eigenvalue weighted by molar-refractivity contribution is 5.79. The first-order chi connectivity index (χ1) is 11.3. The molecule has 0 atom stereocenters. The fraction of sp³-hybridized carbons (Fsp3) is 0.647. The molecule has 0 aromatic carbocycles. The molecule has 1 aromatic heterocycles. The van der Waals surface area contributed by atoms with Crippen LogP contribution in [0.15, 0.2) is 29.4 Å². The summed E-state index contributed by atoms with van der Waals surface area (Å²) >= 11 is 0. The molecular formula is C17H30N6. The minimum Gasteiger partial charge on any atom is -0.357 e. The molecule has 23 heavy (non-hydrogen) atoms. The van der Waals surface area contributed by atoms with E-state index in [9.17, 15) is 0 Å². The Balaban J connectivity index is 1.75. The maximum Gasteiger partial charge on any atom is 0.191 e. The number of nitrogens with zero attached hydrogens (tertiary/aromatic N) is 4. The van der Waals surface area contributed by atoms with E-state index in [1.54, 1.807) is 0 Å². The molecule has 0 unspecified atom stereocenters. The van der Waals surface area contributed by atoms with Gasteiger partial charge in [-0.15, -0.1) is 0 Å². The summed E-state index contributed by atoms with van der Waals surface area (Å²) in [6.07, 6.45) is 3.06. The van der Waals surface area contributed by atoms with Gasteiger partial charge in [0, 0.05) is 38.9 Å². The van der Waals surface area contributed by atoms with Crippen molar-refractivity contribution < 1.29 is 0 Å². The molecular weight excluding hydrogens is 288 g/mol. The summed E-state index contributed by atoms with van der Waals surface area (Å²) in [5, 5.41) is 6.72. The van der Waals surface area contributed by atoms with Crippen LogP contribution in [0.4, 0.5) is 0 Å². The number of nitrogens with one attached hydrogen (secondary N) is 2. The Morgan fingerprint density at radius 1 is 1.22 bits per heavy atom. The van der Waals surface area contributed by atoms with E-state index in [-0.39, 0.29) is 0 Å². The van der Waals surface area contributed by atoms with Gasteiger partial charge < -0.3 is 20.4 Å². The number of hydrogen-bond acceptors (Lipinski definition) is 4. The van der Waals surface area contributed by atoms with Gasteiger partial charge in [-0.3, -0.25) is 4.98 Å². The number of rotatable bonds is 6. The number of hydrogen-bond donors (Lipinski definition) is 2. The number of pyridine rings is 1. The number of likely N-dealkylation sites (N-methyl/N-ethyl adjacent to an activating group) is 1. The lowest BCUT2D eigenvalue weighted by molar-refractivity contribution is 0.280. The molecule has 0 spiro atoms. The quantitative estimate of drug-likeness (QED) is 0.599. The van der Waals surface area contributed by atoms with Crippen molar-refractivity contribution in [2.24, 2.45) is 4.99 Å². The Morgan fingerprint density at radius 3 is 2.91 bits per heavy atom. The van der Waals surface area contributed by atoms with Gasteiger partial charge in [0.15, 0.2) is 5.96 Å². The molecule has 128 valence electrons. The minimum absolute atomic E-state index is 0.602. The SMILES string of the molecule is CCNC(=NCc1ccccn1)NCCN1CCCN(C)CC1. The zero-order valence-electron chi connectivity index (χ0n) is 14.5. The summed E-state index contributed by atoms with van der Waals surface area (Å²) in [7, 11) is 2.20. The van der Waals surface area contributed by atoms with Gasteiger partial charge >= 0.3 is 0 Å². The van der Waals surface area contributed by atoms with Crippen LogP contribution in [0.5, 0.6) is 0 Å². The van der Waals surface area contributed by atoms with Crippen molar-refractivity contribution in [1.29, 1.82) is 0 Å². The van der Waals surface area contributed by atoms with Gasteiger partial charge in [-0.1, -0.05) is 6.07 Å². The molecule has 0 aliphatic carbocycles. The molecule has 1 aliphatic rings. The van der Waals surface area contributed by atoms with Gasteiger partial charge in [0.1, 0.15) is 0 Å². The van der Waals surface area contributed by atoms with Gasteiger partial charge in [-0.05, 0) is 45.6 Å². The first-order valence-corrected chi connectivity index (χ1v) is 8.61. The molecule has 0 amide bonds. The third kappa shape index (κ3) is 6.97. The summed E-state index contributed by atoms with van der Waals surface area (Å²) in [5.74, 6) is 0.866. The van der Waals surface area contributed by atoms with Crippen molar-refractivity contribution in [1.82, 2.24) is 25.4 Å². The van der Waals surface area contributed by atoms with Crippen LogP contribution >= 0.6 is 0 Å². The second-order valence-corrected chi connectivity index (χ2v) is 5.94. The van der Waals surface area contributed by atoms with Gasteiger partial charge in [0.2, 0.25) is 0 Å². The molecule has 0 bridgehead atoms. The largest absolute Gasteiger partial charge is 0.357 e. The molecule has 1 fully saturated rings. The molecule has 1 aromatic rings. The minimum atomic E-state index is 0.602. The van der Waals surface area contributed by atoms with Crippen molar-refractivity contribution in [3.05, 3.63) is 30.1 Å². The van der Waals surface area contributed by atoms with Crippen LogP contribution in [-0.2, 0) is 6.54 Å². The molecule has 1 saturated heterocycles. The Labute approximate surface area is 140 Å². The van der Waals surface area contributed by atoms with Crippen LogP contribution in [-0.4, -0.2) is 73.6 Å². The van der Waals surface area contributed by atoms with E-state index in [0.717, 1.165) is 44.4 Å². The highest BCUT2D eigenvalue weighted by Gasteiger charge is 2.11. The average molecular weight is 318 g/mol. The Hall–Kier alpha value is -1.66. The lowest BCUT2D eigenvalue weighted by atomic mass is 10.3. The van der Waals surface area contributed by atoms with E-state index in [0.29, 0.717) is 6.54 Å². The van der Waals surface area contributed by atoms with Gasteiger partial charge in [0.25, 0.3) is 0 Å². The standard InChI is InChI=1S/C17H30N6/c1-3-18-17(21-15-16-7-4-5-8-19-16)20-9-12-23-11-6-10-22(2)13-14-23/h4-5,7-8H,3,6,9-15H2,1-2H3,(H2,18,20,21). The fourth-order valence-corrected chi connectivity index (χ4v) is 2.65. The number of guanidine groups is 1. The van der Waals surface area contributed by atoms with E-state index < -0.39 is 0 Å². The van der Waals surface area contributed by atoms with Crippen LogP contribution in [0.25, 0.3) is 0 Å².